The van der Waals surface area contributed by atoms with E-state index in [0.717, 1.165) is 13.1 Å². The van der Waals surface area contributed by atoms with Crippen LogP contribution >= 0.6 is 0 Å². The molecular weight excluding hydrogens is 232 g/mol. The molecule has 1 aromatic rings. The minimum Gasteiger partial charge on any atom is -0.366 e. The van der Waals surface area contributed by atoms with E-state index < -0.39 is 0 Å². The lowest BCUT2D eigenvalue weighted by Crippen LogP contribution is -2.60. The maximum Gasteiger partial charge on any atom is 0.0412 e. The minimum atomic E-state index is 0.307. The largest absolute Gasteiger partial charge is 0.366 e. The van der Waals surface area contributed by atoms with Gasteiger partial charge in [-0.1, -0.05) is 45.4 Å². The Kier molecular flexibility index (Phi) is 4.19. The Morgan fingerprint density at radius 2 is 1.84 bits per heavy atom. The average Bonchev–Trinajstić information content (AvgIpc) is 2.38. The molecule has 1 saturated heterocycles. The summed E-state index contributed by atoms with van der Waals surface area (Å²) in [6.07, 6.45) is 1.19. The van der Waals surface area contributed by atoms with Gasteiger partial charge in [0.1, 0.15) is 0 Å². The van der Waals surface area contributed by atoms with Crippen LogP contribution in [-0.2, 0) is 0 Å². The highest BCUT2D eigenvalue weighted by molar-refractivity contribution is 5.49. The van der Waals surface area contributed by atoms with Crippen molar-refractivity contribution in [1.82, 2.24) is 5.32 Å². The average molecular weight is 260 g/mol. The van der Waals surface area contributed by atoms with Gasteiger partial charge in [-0.25, -0.2) is 0 Å². The summed E-state index contributed by atoms with van der Waals surface area (Å²) < 4.78 is 0. The highest BCUT2D eigenvalue weighted by Crippen LogP contribution is 2.28. The molecule has 1 fully saturated rings. The molecular formula is C17H28N2. The third kappa shape index (κ3) is 3.30. The van der Waals surface area contributed by atoms with Crippen molar-refractivity contribution in [1.29, 1.82) is 0 Å². The molecule has 1 aromatic carbocycles. The number of hydrogen-bond acceptors (Lipinski definition) is 2. The predicted molar refractivity (Wildman–Crippen MR) is 83.8 cm³/mol. The molecule has 0 bridgehead atoms. The van der Waals surface area contributed by atoms with E-state index in [2.05, 4.69) is 69.1 Å². The van der Waals surface area contributed by atoms with Gasteiger partial charge in [-0.15, -0.1) is 0 Å². The number of aryl methyl sites for hydroxylation is 1. The Labute approximate surface area is 118 Å². The summed E-state index contributed by atoms with van der Waals surface area (Å²) in [7, 11) is 0. The van der Waals surface area contributed by atoms with Gasteiger partial charge in [0, 0.05) is 30.9 Å². The second-order valence-electron chi connectivity index (χ2n) is 6.88. The van der Waals surface area contributed by atoms with Gasteiger partial charge in [-0.2, -0.15) is 0 Å². The first-order chi connectivity index (χ1) is 8.91. The van der Waals surface area contributed by atoms with Crippen LogP contribution in [0, 0.1) is 12.3 Å². The van der Waals surface area contributed by atoms with Gasteiger partial charge in [0.25, 0.3) is 0 Å². The number of anilines is 1. The Balaban J connectivity index is 2.21. The summed E-state index contributed by atoms with van der Waals surface area (Å²) in [6, 6.07) is 10.1. The van der Waals surface area contributed by atoms with Crippen LogP contribution < -0.4 is 10.2 Å². The SMILES string of the molecule is CCC1CNC(C(C)(C)C)CN1c1ccc(C)cc1. The number of piperazine rings is 1. The van der Waals surface area contributed by atoms with Crippen LogP contribution in [-0.4, -0.2) is 25.2 Å². The summed E-state index contributed by atoms with van der Waals surface area (Å²) in [5, 5.41) is 3.73. The first kappa shape index (κ1) is 14.4. The molecule has 0 saturated carbocycles. The van der Waals surface area contributed by atoms with Gasteiger partial charge in [0.2, 0.25) is 0 Å². The molecule has 2 nitrogen and oxygen atoms in total. The molecule has 0 aliphatic carbocycles. The maximum atomic E-state index is 3.73. The van der Waals surface area contributed by atoms with Crippen molar-refractivity contribution in [3.63, 3.8) is 0 Å². The molecule has 1 heterocycles. The highest BCUT2D eigenvalue weighted by atomic mass is 15.2. The number of rotatable bonds is 2. The molecule has 0 spiro atoms. The van der Waals surface area contributed by atoms with Gasteiger partial charge >= 0.3 is 0 Å². The third-order valence-corrected chi connectivity index (χ3v) is 4.30. The Morgan fingerprint density at radius 3 is 2.37 bits per heavy atom. The topological polar surface area (TPSA) is 15.3 Å². The third-order valence-electron chi connectivity index (χ3n) is 4.30. The summed E-state index contributed by atoms with van der Waals surface area (Å²) in [4.78, 5) is 2.59. The first-order valence-corrected chi connectivity index (χ1v) is 7.48. The smallest absolute Gasteiger partial charge is 0.0412 e. The van der Waals surface area contributed by atoms with Crippen molar-refractivity contribution in [3.05, 3.63) is 29.8 Å². The van der Waals surface area contributed by atoms with Crippen LogP contribution in [0.25, 0.3) is 0 Å². The second kappa shape index (κ2) is 5.54. The first-order valence-electron chi connectivity index (χ1n) is 7.48. The van der Waals surface area contributed by atoms with Crippen LogP contribution in [0.5, 0.6) is 0 Å². The van der Waals surface area contributed by atoms with Gasteiger partial charge in [0.15, 0.2) is 0 Å². The second-order valence-corrected chi connectivity index (χ2v) is 6.88. The molecule has 2 rings (SSSR count). The minimum absolute atomic E-state index is 0.307. The van der Waals surface area contributed by atoms with Crippen molar-refractivity contribution in [2.24, 2.45) is 5.41 Å². The summed E-state index contributed by atoms with van der Waals surface area (Å²) in [6.45, 7) is 13.6. The van der Waals surface area contributed by atoms with Crippen LogP contribution in [0.4, 0.5) is 5.69 Å². The lowest BCUT2D eigenvalue weighted by atomic mass is 9.84. The van der Waals surface area contributed by atoms with Crippen LogP contribution in [0.3, 0.4) is 0 Å². The molecule has 106 valence electrons. The lowest BCUT2D eigenvalue weighted by molar-refractivity contribution is 0.233. The highest BCUT2D eigenvalue weighted by Gasteiger charge is 2.33. The van der Waals surface area contributed by atoms with Gasteiger partial charge in [0.05, 0.1) is 0 Å². The predicted octanol–water partition coefficient (Wildman–Crippen LogP) is 3.60. The normalized spacial score (nSPS) is 24.6. The summed E-state index contributed by atoms with van der Waals surface area (Å²) >= 11 is 0. The van der Waals surface area contributed by atoms with Crippen molar-refractivity contribution in [3.8, 4) is 0 Å². The number of nitrogens with zero attached hydrogens (tertiary/aromatic N) is 1. The van der Waals surface area contributed by atoms with Crippen molar-refractivity contribution in [2.45, 2.75) is 53.1 Å². The molecule has 0 radical (unpaired) electrons. The van der Waals surface area contributed by atoms with E-state index in [-0.39, 0.29) is 0 Å². The van der Waals surface area contributed by atoms with Crippen molar-refractivity contribution in [2.75, 3.05) is 18.0 Å². The van der Waals surface area contributed by atoms with E-state index in [1.165, 1.54) is 17.7 Å². The number of benzene rings is 1. The fourth-order valence-corrected chi connectivity index (χ4v) is 2.80. The molecule has 0 amide bonds. The van der Waals surface area contributed by atoms with E-state index in [1.54, 1.807) is 0 Å². The Morgan fingerprint density at radius 1 is 1.21 bits per heavy atom. The number of hydrogen-bond donors (Lipinski definition) is 1. The monoisotopic (exact) mass is 260 g/mol. The van der Waals surface area contributed by atoms with Gasteiger partial charge < -0.3 is 10.2 Å². The van der Waals surface area contributed by atoms with Crippen LogP contribution in [0.1, 0.15) is 39.7 Å². The molecule has 0 aromatic heterocycles. The van der Waals surface area contributed by atoms with Crippen LogP contribution in [0.2, 0.25) is 0 Å². The zero-order valence-electron chi connectivity index (χ0n) is 13.0. The lowest BCUT2D eigenvalue weighted by Gasteiger charge is -2.46. The fraction of sp³-hybridized carbons (Fsp3) is 0.647. The molecule has 19 heavy (non-hydrogen) atoms. The Bertz CT molecular complexity index is 402. The van der Waals surface area contributed by atoms with E-state index in [9.17, 15) is 0 Å². The molecule has 2 unspecified atom stereocenters. The fourth-order valence-electron chi connectivity index (χ4n) is 2.80. The molecule has 1 aliphatic rings. The standard InChI is InChI=1S/C17H28N2/c1-6-14-11-18-16(17(3,4)5)12-19(14)15-9-7-13(2)8-10-15/h7-10,14,16,18H,6,11-12H2,1-5H3. The number of nitrogens with one attached hydrogen (secondary N) is 1. The zero-order chi connectivity index (χ0) is 14.0. The molecule has 1 N–H and O–H groups in total. The van der Waals surface area contributed by atoms with Crippen LogP contribution in [0.15, 0.2) is 24.3 Å². The van der Waals surface area contributed by atoms with E-state index in [1.807, 2.05) is 0 Å². The molecule has 1 aliphatic heterocycles. The van der Waals surface area contributed by atoms with Crippen molar-refractivity contribution < 1.29 is 0 Å². The van der Waals surface area contributed by atoms with E-state index in [4.69, 9.17) is 0 Å². The van der Waals surface area contributed by atoms with E-state index in [0.29, 0.717) is 17.5 Å². The zero-order valence-corrected chi connectivity index (χ0v) is 13.0. The van der Waals surface area contributed by atoms with Crippen molar-refractivity contribution >= 4 is 5.69 Å². The van der Waals surface area contributed by atoms with E-state index >= 15 is 0 Å². The maximum absolute atomic E-state index is 3.73. The summed E-state index contributed by atoms with van der Waals surface area (Å²) in [5.74, 6) is 0. The quantitative estimate of drug-likeness (QED) is 0.874. The molecule has 2 atom stereocenters. The summed E-state index contributed by atoms with van der Waals surface area (Å²) in [5.41, 5.74) is 3.01. The van der Waals surface area contributed by atoms with Gasteiger partial charge in [-0.3, -0.25) is 0 Å². The van der Waals surface area contributed by atoms with Gasteiger partial charge in [-0.05, 0) is 30.9 Å². The molecule has 2 heteroatoms. The Hall–Kier alpha value is -1.02.